The number of nitrogens with two attached hydrogens (primary N) is 1. The first-order valence-electron chi connectivity index (χ1n) is 8.71. The molecule has 0 amide bonds. The van der Waals surface area contributed by atoms with Gasteiger partial charge in [0.1, 0.15) is 12.5 Å². The van der Waals surface area contributed by atoms with E-state index in [1.165, 1.54) is 0 Å². The second kappa shape index (κ2) is 7.51. The van der Waals surface area contributed by atoms with Gasteiger partial charge < -0.3 is 10.3 Å². The van der Waals surface area contributed by atoms with Gasteiger partial charge >= 0.3 is 0 Å². The van der Waals surface area contributed by atoms with Crippen molar-refractivity contribution in [2.45, 2.75) is 47.1 Å². The zero-order chi connectivity index (χ0) is 17.9. The first-order valence-corrected chi connectivity index (χ1v) is 8.71. The zero-order valence-corrected chi connectivity index (χ0v) is 15.6. The van der Waals surface area contributed by atoms with Crippen LogP contribution >= 0.6 is 0 Å². The van der Waals surface area contributed by atoms with Gasteiger partial charge in [0.2, 0.25) is 0 Å². The molecule has 0 bridgehead atoms. The smallest absolute Gasteiger partial charge is 0.109 e. The molecule has 24 heavy (non-hydrogen) atoms. The van der Waals surface area contributed by atoms with E-state index in [0.717, 1.165) is 36.6 Å². The Bertz CT molecular complexity index is 602. The third-order valence-electron chi connectivity index (χ3n) is 4.55. The summed E-state index contributed by atoms with van der Waals surface area (Å²) >= 11 is 0. The van der Waals surface area contributed by atoms with Crippen molar-refractivity contribution in [3.8, 4) is 0 Å². The van der Waals surface area contributed by atoms with Gasteiger partial charge in [-0.1, -0.05) is 20.8 Å². The van der Waals surface area contributed by atoms with Crippen molar-refractivity contribution in [3.05, 3.63) is 29.6 Å². The summed E-state index contributed by atoms with van der Waals surface area (Å²) in [6.45, 7) is 12.5. The molecule has 1 atom stereocenters. The monoisotopic (exact) mass is 334 g/mol. The molecular formula is C19H31FN4. The Morgan fingerprint density at radius 2 is 1.96 bits per heavy atom. The van der Waals surface area contributed by atoms with Crippen molar-refractivity contribution in [1.82, 2.24) is 9.47 Å². The number of allylic oxidation sites excluding steroid dienone is 1. The maximum absolute atomic E-state index is 12.5. The maximum atomic E-state index is 12.5. The van der Waals surface area contributed by atoms with Crippen LogP contribution in [-0.4, -0.2) is 47.5 Å². The van der Waals surface area contributed by atoms with Crippen LogP contribution in [0.25, 0.3) is 5.82 Å². The van der Waals surface area contributed by atoms with Crippen molar-refractivity contribution in [3.63, 3.8) is 0 Å². The first kappa shape index (κ1) is 18.7. The van der Waals surface area contributed by atoms with Gasteiger partial charge in [0.05, 0.1) is 6.04 Å². The number of aryl methyl sites for hydroxylation is 2. The Morgan fingerprint density at radius 1 is 1.33 bits per heavy atom. The number of halogens is 1. The standard InChI is InChI=1S/C19H31FN4/c1-14-6-7-15(2)24(14)18(21)12-17(19(3,4)5)22-16-8-10-23(13-16)11-9-20/h6-7,12,16H,8-11,13,21H2,1-5H3/b18-12+,22-17?/t16-/m0/s1. The number of nitrogens with zero attached hydrogens (tertiary/aromatic N) is 3. The van der Waals surface area contributed by atoms with E-state index in [-0.39, 0.29) is 18.1 Å². The van der Waals surface area contributed by atoms with Crippen LogP contribution in [0.4, 0.5) is 4.39 Å². The van der Waals surface area contributed by atoms with Crippen molar-refractivity contribution in [1.29, 1.82) is 0 Å². The molecule has 5 heteroatoms. The molecule has 134 valence electrons. The molecule has 0 aromatic carbocycles. The molecule has 1 aromatic rings. The van der Waals surface area contributed by atoms with Crippen molar-refractivity contribution >= 4 is 11.5 Å². The summed E-state index contributed by atoms with van der Waals surface area (Å²) in [5, 5.41) is 0. The van der Waals surface area contributed by atoms with E-state index in [1.54, 1.807) is 0 Å². The van der Waals surface area contributed by atoms with Gasteiger partial charge in [-0.15, -0.1) is 0 Å². The van der Waals surface area contributed by atoms with Gasteiger partial charge in [-0.25, -0.2) is 4.39 Å². The minimum atomic E-state index is -0.290. The zero-order valence-electron chi connectivity index (χ0n) is 15.6. The highest BCUT2D eigenvalue weighted by Crippen LogP contribution is 2.23. The van der Waals surface area contributed by atoms with E-state index in [1.807, 2.05) is 24.5 Å². The lowest BCUT2D eigenvalue weighted by atomic mass is 9.89. The van der Waals surface area contributed by atoms with Crippen LogP contribution in [0.15, 0.2) is 23.2 Å². The van der Waals surface area contributed by atoms with Gasteiger partial charge in [0, 0.05) is 48.2 Å². The molecule has 1 aliphatic heterocycles. The summed E-state index contributed by atoms with van der Waals surface area (Å²) in [7, 11) is 0. The number of hydrogen-bond acceptors (Lipinski definition) is 3. The van der Waals surface area contributed by atoms with E-state index < -0.39 is 0 Å². The predicted octanol–water partition coefficient (Wildman–Crippen LogP) is 3.39. The lowest BCUT2D eigenvalue weighted by Crippen LogP contribution is -2.26. The summed E-state index contributed by atoms with van der Waals surface area (Å²) in [6.07, 6.45) is 2.98. The highest BCUT2D eigenvalue weighted by atomic mass is 19.1. The average Bonchev–Trinajstić information content (AvgIpc) is 3.04. The molecule has 1 saturated heterocycles. The minimum Gasteiger partial charge on any atom is -0.385 e. The molecule has 2 rings (SSSR count). The molecular weight excluding hydrogens is 303 g/mol. The number of aromatic nitrogens is 1. The molecule has 1 aromatic heterocycles. The fourth-order valence-corrected chi connectivity index (χ4v) is 3.16. The van der Waals surface area contributed by atoms with Gasteiger partial charge in [-0.2, -0.15) is 0 Å². The van der Waals surface area contributed by atoms with Crippen LogP contribution in [0.3, 0.4) is 0 Å². The predicted molar refractivity (Wildman–Crippen MR) is 100 cm³/mol. The molecule has 1 fully saturated rings. The Kier molecular flexibility index (Phi) is 5.86. The summed E-state index contributed by atoms with van der Waals surface area (Å²) in [4.78, 5) is 7.11. The Labute approximate surface area is 145 Å². The quantitative estimate of drug-likeness (QED) is 0.839. The molecule has 2 heterocycles. The van der Waals surface area contributed by atoms with Crippen LogP contribution in [0.5, 0.6) is 0 Å². The van der Waals surface area contributed by atoms with Gasteiger partial charge in [0.15, 0.2) is 0 Å². The third kappa shape index (κ3) is 4.47. The summed E-state index contributed by atoms with van der Waals surface area (Å²) in [5.41, 5.74) is 9.51. The van der Waals surface area contributed by atoms with Gasteiger partial charge in [0.25, 0.3) is 0 Å². The average molecular weight is 334 g/mol. The largest absolute Gasteiger partial charge is 0.385 e. The second-order valence-electron chi connectivity index (χ2n) is 7.72. The van der Waals surface area contributed by atoms with Crippen molar-refractivity contribution in [2.75, 3.05) is 26.3 Å². The van der Waals surface area contributed by atoms with Gasteiger partial charge in [-0.05, 0) is 32.4 Å². The first-order chi connectivity index (χ1) is 11.2. The molecule has 2 N–H and O–H groups in total. The van der Waals surface area contributed by atoms with E-state index >= 15 is 0 Å². The number of alkyl halides is 1. The van der Waals surface area contributed by atoms with Crippen molar-refractivity contribution < 1.29 is 4.39 Å². The number of rotatable bonds is 5. The molecule has 0 spiro atoms. The van der Waals surface area contributed by atoms with Crippen LogP contribution in [0, 0.1) is 19.3 Å². The molecule has 4 nitrogen and oxygen atoms in total. The highest BCUT2D eigenvalue weighted by Gasteiger charge is 2.25. The normalized spacial score (nSPS) is 20.8. The van der Waals surface area contributed by atoms with Crippen LogP contribution in [0.1, 0.15) is 38.6 Å². The van der Waals surface area contributed by atoms with Crippen LogP contribution in [-0.2, 0) is 0 Å². The third-order valence-corrected chi connectivity index (χ3v) is 4.55. The Morgan fingerprint density at radius 3 is 2.50 bits per heavy atom. The highest BCUT2D eigenvalue weighted by molar-refractivity contribution is 6.02. The van der Waals surface area contributed by atoms with E-state index in [4.69, 9.17) is 10.7 Å². The van der Waals surface area contributed by atoms with Crippen LogP contribution < -0.4 is 5.73 Å². The lowest BCUT2D eigenvalue weighted by molar-refractivity contribution is 0.294. The van der Waals surface area contributed by atoms with Crippen LogP contribution in [0.2, 0.25) is 0 Å². The number of hydrogen-bond donors (Lipinski definition) is 1. The van der Waals surface area contributed by atoms with Gasteiger partial charge in [-0.3, -0.25) is 9.89 Å². The Balaban J connectivity index is 2.27. The maximum Gasteiger partial charge on any atom is 0.109 e. The molecule has 0 saturated carbocycles. The topological polar surface area (TPSA) is 46.6 Å². The fraction of sp³-hybridized carbons (Fsp3) is 0.632. The fourth-order valence-electron chi connectivity index (χ4n) is 3.16. The lowest BCUT2D eigenvalue weighted by Gasteiger charge is -2.22. The molecule has 0 radical (unpaired) electrons. The summed E-state index contributed by atoms with van der Waals surface area (Å²) in [5.74, 6) is 0.697. The molecule has 1 aliphatic rings. The van der Waals surface area contributed by atoms with Crippen molar-refractivity contribution in [2.24, 2.45) is 16.1 Å². The second-order valence-corrected chi connectivity index (χ2v) is 7.72. The number of aliphatic imine (C=N–C) groups is 1. The van der Waals surface area contributed by atoms with E-state index in [9.17, 15) is 4.39 Å². The summed E-state index contributed by atoms with van der Waals surface area (Å²) < 4.78 is 14.6. The SMILES string of the molecule is Cc1ccc(C)n1/C(N)=C/C(=N[C@H]1CCN(CCF)C1)C(C)(C)C. The molecule has 0 aliphatic carbocycles. The summed E-state index contributed by atoms with van der Waals surface area (Å²) in [6, 6.07) is 4.35. The van der Waals surface area contributed by atoms with E-state index in [2.05, 4.69) is 37.8 Å². The molecule has 0 unspecified atom stereocenters. The number of likely N-dealkylation sites (tertiary alicyclic amines) is 1. The Hall–Kier alpha value is -1.62. The van der Waals surface area contributed by atoms with E-state index in [0.29, 0.717) is 12.4 Å². The minimum absolute atomic E-state index is 0.0902.